The van der Waals surface area contributed by atoms with Gasteiger partial charge in [-0.1, -0.05) is 12.1 Å². The molecule has 0 spiro atoms. The van der Waals surface area contributed by atoms with Crippen molar-refractivity contribution in [3.05, 3.63) is 53.0 Å². The molecular weight excluding hydrogens is 492 g/mol. The van der Waals surface area contributed by atoms with E-state index in [1.165, 1.54) is 18.4 Å². The Morgan fingerprint density at radius 1 is 1.15 bits per heavy atom. The highest BCUT2D eigenvalue weighted by molar-refractivity contribution is 6.14. The summed E-state index contributed by atoms with van der Waals surface area (Å²) in [4.78, 5) is 40.6. The van der Waals surface area contributed by atoms with Crippen molar-refractivity contribution >= 4 is 34.4 Å². The van der Waals surface area contributed by atoms with E-state index in [-0.39, 0.29) is 29.4 Å². The lowest BCUT2D eigenvalue weighted by molar-refractivity contribution is -0.135. The van der Waals surface area contributed by atoms with E-state index in [1.54, 1.807) is 17.3 Å². The molecule has 3 aliphatic rings. The van der Waals surface area contributed by atoms with Crippen molar-refractivity contribution in [1.29, 1.82) is 10.7 Å². The van der Waals surface area contributed by atoms with Gasteiger partial charge < -0.3 is 20.5 Å². The summed E-state index contributed by atoms with van der Waals surface area (Å²) in [6.45, 7) is 1.08. The maximum Gasteiger partial charge on any atom is 0.255 e. The van der Waals surface area contributed by atoms with Gasteiger partial charge in [0.05, 0.1) is 23.5 Å². The van der Waals surface area contributed by atoms with E-state index in [1.807, 2.05) is 13.1 Å². The molecule has 1 unspecified atom stereocenters. The fourth-order valence-electron chi connectivity index (χ4n) is 5.44. The number of benzene rings is 1. The maximum absolute atomic E-state index is 13.4. The van der Waals surface area contributed by atoms with E-state index < -0.39 is 6.04 Å². The van der Waals surface area contributed by atoms with Crippen LogP contribution in [0.3, 0.4) is 0 Å². The van der Waals surface area contributed by atoms with E-state index in [0.717, 1.165) is 24.1 Å². The van der Waals surface area contributed by atoms with Crippen molar-refractivity contribution in [3.63, 3.8) is 0 Å². The zero-order chi connectivity index (χ0) is 27.1. The van der Waals surface area contributed by atoms with Gasteiger partial charge in [-0.3, -0.25) is 15.0 Å². The van der Waals surface area contributed by atoms with Crippen molar-refractivity contribution in [3.8, 4) is 6.07 Å². The van der Waals surface area contributed by atoms with Gasteiger partial charge in [-0.05, 0) is 62.0 Å². The number of piperidine rings is 1. The molecule has 6 rings (SSSR count). The average molecular weight is 525 g/mol. The van der Waals surface area contributed by atoms with E-state index in [9.17, 15) is 14.9 Å². The van der Waals surface area contributed by atoms with Gasteiger partial charge in [0.1, 0.15) is 17.3 Å². The molecule has 4 N–H and O–H groups in total. The van der Waals surface area contributed by atoms with Gasteiger partial charge in [0, 0.05) is 43.5 Å². The molecule has 0 radical (unpaired) electrons. The van der Waals surface area contributed by atoms with Gasteiger partial charge in [0.15, 0.2) is 5.65 Å². The zero-order valence-corrected chi connectivity index (χ0v) is 22.0. The second kappa shape index (κ2) is 10.1. The van der Waals surface area contributed by atoms with Crippen LogP contribution in [0.4, 0.5) is 5.69 Å². The Morgan fingerprint density at radius 3 is 2.59 bits per heavy atom. The lowest BCUT2D eigenvalue weighted by atomic mass is 9.97. The number of nitrogens with one attached hydrogen (secondary N) is 4. The summed E-state index contributed by atoms with van der Waals surface area (Å²) < 4.78 is 0. The Labute approximate surface area is 226 Å². The number of hydrogen-bond donors (Lipinski definition) is 4. The molecular formula is C29H32N8O2. The molecule has 1 saturated heterocycles. The fourth-order valence-corrected chi connectivity index (χ4v) is 5.44. The van der Waals surface area contributed by atoms with Gasteiger partial charge in [-0.25, -0.2) is 9.97 Å². The average Bonchev–Trinajstić information content (AvgIpc) is 3.92. The number of amides is 2. The van der Waals surface area contributed by atoms with Gasteiger partial charge in [-0.2, -0.15) is 5.26 Å². The molecule has 1 atom stereocenters. The smallest absolute Gasteiger partial charge is 0.255 e. The third-order valence-electron chi connectivity index (χ3n) is 8.15. The van der Waals surface area contributed by atoms with Gasteiger partial charge >= 0.3 is 0 Å². The fraction of sp³-hybridized carbons (Fsp3) is 0.448. The first-order valence-electron chi connectivity index (χ1n) is 13.7. The van der Waals surface area contributed by atoms with Crippen molar-refractivity contribution in [2.45, 2.75) is 50.5 Å². The SMILES string of the molecule is CNc1cc(C2CC2)ccc1C(=N)c1cnc2[nH]cc(C(=O)NC(C(=O)N3CCC(C#N)CC3)C3CC3)c2n1. The number of nitrogens with zero attached hydrogens (tertiary/aromatic N) is 4. The van der Waals surface area contributed by atoms with E-state index in [4.69, 9.17) is 5.41 Å². The highest BCUT2D eigenvalue weighted by atomic mass is 16.2. The molecule has 10 nitrogen and oxygen atoms in total. The van der Waals surface area contributed by atoms with E-state index >= 15 is 0 Å². The number of carbonyl (C=O) groups excluding carboxylic acids is 2. The third-order valence-corrected chi connectivity index (χ3v) is 8.15. The summed E-state index contributed by atoms with van der Waals surface area (Å²) >= 11 is 0. The number of hydrogen-bond acceptors (Lipinski definition) is 7. The molecule has 3 fully saturated rings. The van der Waals surface area contributed by atoms with Gasteiger partial charge in [0.2, 0.25) is 5.91 Å². The van der Waals surface area contributed by atoms with Crippen molar-refractivity contribution in [1.82, 2.24) is 25.2 Å². The normalized spacial score (nSPS) is 18.4. The topological polar surface area (TPSA) is 151 Å². The second-order valence-electron chi connectivity index (χ2n) is 10.9. The molecule has 2 amide bonds. The van der Waals surface area contributed by atoms with Crippen LogP contribution in [0.25, 0.3) is 11.2 Å². The number of aromatic amines is 1. The summed E-state index contributed by atoms with van der Waals surface area (Å²) in [6.07, 6.45) is 8.63. The van der Waals surface area contributed by atoms with E-state index in [2.05, 4.69) is 43.8 Å². The summed E-state index contributed by atoms with van der Waals surface area (Å²) in [5.74, 6) is 0.244. The van der Waals surface area contributed by atoms with Crippen LogP contribution in [0.5, 0.6) is 0 Å². The molecule has 2 aliphatic carbocycles. The highest BCUT2D eigenvalue weighted by Crippen LogP contribution is 2.41. The predicted octanol–water partition coefficient (Wildman–Crippen LogP) is 3.56. The first-order chi connectivity index (χ1) is 19.0. The Morgan fingerprint density at radius 2 is 1.92 bits per heavy atom. The highest BCUT2D eigenvalue weighted by Gasteiger charge is 2.40. The maximum atomic E-state index is 13.4. The molecule has 200 valence electrons. The number of rotatable bonds is 8. The Kier molecular flexibility index (Phi) is 6.51. The number of anilines is 1. The summed E-state index contributed by atoms with van der Waals surface area (Å²) in [5, 5.41) is 24.2. The number of aromatic nitrogens is 3. The zero-order valence-electron chi connectivity index (χ0n) is 22.0. The van der Waals surface area contributed by atoms with Gasteiger partial charge in [-0.15, -0.1) is 0 Å². The Hall–Kier alpha value is -4.26. The molecule has 2 aromatic heterocycles. The molecule has 2 saturated carbocycles. The van der Waals surface area contributed by atoms with E-state index in [0.29, 0.717) is 54.3 Å². The first kappa shape index (κ1) is 25.0. The van der Waals surface area contributed by atoms with Crippen molar-refractivity contribution < 1.29 is 9.59 Å². The molecule has 1 aromatic carbocycles. The van der Waals surface area contributed by atoms with Crippen LogP contribution in [0.1, 0.15) is 71.6 Å². The molecule has 10 heteroatoms. The molecule has 0 bridgehead atoms. The minimum Gasteiger partial charge on any atom is -0.388 e. The monoisotopic (exact) mass is 524 g/mol. The van der Waals surface area contributed by atoms with Crippen molar-refractivity contribution in [2.24, 2.45) is 11.8 Å². The minimum absolute atomic E-state index is 0.0129. The van der Waals surface area contributed by atoms with Crippen LogP contribution in [-0.2, 0) is 4.79 Å². The lowest BCUT2D eigenvalue weighted by Crippen LogP contribution is -2.51. The van der Waals surface area contributed by atoms with Crippen LogP contribution < -0.4 is 10.6 Å². The predicted molar refractivity (Wildman–Crippen MR) is 147 cm³/mol. The Balaban J connectivity index is 1.22. The molecule has 39 heavy (non-hydrogen) atoms. The largest absolute Gasteiger partial charge is 0.388 e. The van der Waals surface area contributed by atoms with Crippen LogP contribution in [0.15, 0.2) is 30.6 Å². The number of likely N-dealkylation sites (tertiary alicyclic amines) is 1. The second-order valence-corrected chi connectivity index (χ2v) is 10.9. The summed E-state index contributed by atoms with van der Waals surface area (Å²) in [5.41, 5.74) is 4.55. The minimum atomic E-state index is -0.598. The number of fused-ring (bicyclic) bond motifs is 1. The Bertz CT molecular complexity index is 1490. The quantitative estimate of drug-likeness (QED) is 0.331. The summed E-state index contributed by atoms with van der Waals surface area (Å²) in [7, 11) is 1.84. The van der Waals surface area contributed by atoms with Crippen molar-refractivity contribution in [2.75, 3.05) is 25.5 Å². The van der Waals surface area contributed by atoms with Gasteiger partial charge in [0.25, 0.3) is 5.91 Å². The number of carbonyl (C=O) groups is 2. The lowest BCUT2D eigenvalue weighted by Gasteiger charge is -2.32. The number of nitriles is 1. The van der Waals surface area contributed by atoms with Crippen LogP contribution >= 0.6 is 0 Å². The third kappa shape index (κ3) is 4.97. The first-order valence-corrected chi connectivity index (χ1v) is 13.7. The molecule has 3 heterocycles. The van der Waals surface area contributed by atoms with Crippen LogP contribution in [-0.4, -0.2) is 63.6 Å². The summed E-state index contributed by atoms with van der Waals surface area (Å²) in [6, 6.07) is 7.81. The molecule has 3 aromatic rings. The number of H-pyrrole nitrogens is 1. The van der Waals surface area contributed by atoms with Crippen LogP contribution in [0.2, 0.25) is 0 Å². The molecule has 1 aliphatic heterocycles. The van der Waals surface area contributed by atoms with Crippen LogP contribution in [0, 0.1) is 28.6 Å². The standard InChI is InChI=1S/C29H32N8O2/c1-32-22-12-19(17-2-3-17)6-7-20(22)24(31)23-15-34-27-26(35-23)21(14-33-27)28(38)36-25(18-4-5-18)29(39)37-10-8-16(13-30)9-11-37/h6-7,12,14-18,25,31-32H,2-5,8-11H2,1H3,(H,33,34)(H,36,38).